The second kappa shape index (κ2) is 9.25. The molecule has 2 aliphatic heterocycles. The minimum absolute atomic E-state index is 0.284. The van der Waals surface area contributed by atoms with Crippen molar-refractivity contribution in [1.82, 2.24) is 0 Å². The van der Waals surface area contributed by atoms with Gasteiger partial charge in [0.05, 0.1) is 13.2 Å². The predicted octanol–water partition coefficient (Wildman–Crippen LogP) is 6.80. The molecule has 0 radical (unpaired) electrons. The lowest BCUT2D eigenvalue weighted by Crippen LogP contribution is -2.48. The summed E-state index contributed by atoms with van der Waals surface area (Å²) >= 11 is 6.26. The normalized spacial score (nSPS) is 21.5. The first-order valence-corrected chi connectivity index (χ1v) is 13.6. The molecule has 0 saturated carbocycles. The van der Waals surface area contributed by atoms with Crippen molar-refractivity contribution in [2.75, 3.05) is 12.0 Å². The van der Waals surface area contributed by atoms with Gasteiger partial charge in [-0.1, -0.05) is 72.3 Å². The molecule has 3 atom stereocenters. The van der Waals surface area contributed by atoms with Gasteiger partial charge in [0.2, 0.25) is 0 Å². The highest BCUT2D eigenvalue weighted by Gasteiger charge is 2.71. The van der Waals surface area contributed by atoms with Crippen molar-refractivity contribution >= 4 is 40.7 Å². The van der Waals surface area contributed by atoms with E-state index in [0.717, 1.165) is 0 Å². The maximum Gasteiger partial charge on any atom is 0.186 e. The lowest BCUT2D eigenvalue weighted by atomic mass is 9.64. The first-order valence-electron chi connectivity index (χ1n) is 13.2. The summed E-state index contributed by atoms with van der Waals surface area (Å²) in [5, 5.41) is 0.488. The summed E-state index contributed by atoms with van der Waals surface area (Å²) < 4.78 is 19.8. The summed E-state index contributed by atoms with van der Waals surface area (Å²) in [7, 11) is 1.52. The Labute approximate surface area is 240 Å². The molecule has 0 N–H and O–H groups in total. The molecule has 1 spiro atoms. The van der Waals surface area contributed by atoms with E-state index in [9.17, 15) is 18.8 Å². The van der Waals surface area contributed by atoms with Crippen LogP contribution in [-0.2, 0) is 0 Å². The summed E-state index contributed by atoms with van der Waals surface area (Å²) in [5.74, 6) is -1.74. The number of halogens is 2. The molecule has 3 aliphatic rings. The smallest absolute Gasteiger partial charge is 0.186 e. The molecule has 5 nitrogen and oxygen atoms in total. The van der Waals surface area contributed by atoms with E-state index in [-0.39, 0.29) is 17.3 Å². The first kappa shape index (κ1) is 25.4. The second-order valence-electron chi connectivity index (χ2n) is 10.6. The zero-order valence-corrected chi connectivity index (χ0v) is 22.6. The Morgan fingerprint density at radius 3 is 2.29 bits per heavy atom. The van der Waals surface area contributed by atoms with Crippen molar-refractivity contribution in [2.45, 2.75) is 18.0 Å². The molecule has 7 heteroatoms. The van der Waals surface area contributed by atoms with Gasteiger partial charge in [-0.15, -0.1) is 0 Å². The fourth-order valence-corrected chi connectivity index (χ4v) is 7.06. The maximum atomic E-state index is 14.7. The standard InChI is InChI=1S/C34H23ClFNO4/c1-41-24-6-4-5-21(18-24)31(38)30-29(19-9-12-22(35)13-10-19)34(32(39)25-7-2-3-8-26(25)33(34)40)28-16-11-20-17-23(36)14-15-27(20)37(28)30/h2-18,28-30H,1H3/t28-,29+,30-/m1/s1. The number of ether oxygens (including phenoxy) is 1. The molecule has 1 saturated heterocycles. The lowest BCUT2D eigenvalue weighted by Gasteiger charge is -2.37. The van der Waals surface area contributed by atoms with Crippen molar-refractivity contribution < 1.29 is 23.5 Å². The lowest BCUT2D eigenvalue weighted by molar-refractivity contribution is 0.0666. The van der Waals surface area contributed by atoms with E-state index in [1.807, 2.05) is 4.90 Å². The van der Waals surface area contributed by atoms with Crippen LogP contribution in [0.1, 0.15) is 48.1 Å². The molecule has 202 valence electrons. The van der Waals surface area contributed by atoms with Crippen molar-refractivity contribution in [3.63, 3.8) is 0 Å². The van der Waals surface area contributed by atoms with Gasteiger partial charge >= 0.3 is 0 Å². The van der Waals surface area contributed by atoms with Crippen LogP contribution in [0.5, 0.6) is 5.75 Å². The predicted molar refractivity (Wildman–Crippen MR) is 155 cm³/mol. The average molecular weight is 564 g/mol. The molecular formula is C34H23ClFNO4. The van der Waals surface area contributed by atoms with Gasteiger partial charge in [0.15, 0.2) is 17.3 Å². The Morgan fingerprint density at radius 2 is 1.61 bits per heavy atom. The molecular weight excluding hydrogens is 541 g/mol. The van der Waals surface area contributed by atoms with Crippen LogP contribution in [0.25, 0.3) is 6.08 Å². The molecule has 0 amide bonds. The third-order valence-electron chi connectivity index (χ3n) is 8.62. The van der Waals surface area contributed by atoms with Gasteiger partial charge in [-0.3, -0.25) is 14.4 Å². The number of nitrogens with zero attached hydrogens (tertiary/aromatic N) is 1. The quantitative estimate of drug-likeness (QED) is 0.202. The van der Waals surface area contributed by atoms with Crippen LogP contribution in [0.3, 0.4) is 0 Å². The summed E-state index contributed by atoms with van der Waals surface area (Å²) in [6.45, 7) is 0. The monoisotopic (exact) mass is 563 g/mol. The first-order chi connectivity index (χ1) is 19.9. The van der Waals surface area contributed by atoms with Gasteiger partial charge in [-0.05, 0) is 48.0 Å². The SMILES string of the molecule is COc1cccc(C(=O)[C@H]2[C@H](c3ccc(Cl)cc3)C3(C(=O)c4ccccc4C3=O)[C@H]3C=Cc4cc(F)ccc4N23)c1. The molecule has 0 aromatic heterocycles. The van der Waals surface area contributed by atoms with Gasteiger partial charge in [0, 0.05) is 38.9 Å². The molecule has 0 unspecified atom stereocenters. The Morgan fingerprint density at radius 1 is 0.902 bits per heavy atom. The highest BCUT2D eigenvalue weighted by Crippen LogP contribution is 2.61. The minimum atomic E-state index is -1.64. The molecule has 0 bridgehead atoms. The maximum absolute atomic E-state index is 14.7. The van der Waals surface area contributed by atoms with E-state index >= 15 is 0 Å². The van der Waals surface area contributed by atoms with E-state index in [1.54, 1.807) is 91.0 Å². The molecule has 7 rings (SSSR count). The summed E-state index contributed by atoms with van der Waals surface area (Å²) in [5.41, 5.74) is 1.18. The molecule has 4 aromatic carbocycles. The van der Waals surface area contributed by atoms with Crippen LogP contribution in [0.2, 0.25) is 5.02 Å². The number of carbonyl (C=O) groups excluding carboxylic acids is 3. The fourth-order valence-electron chi connectivity index (χ4n) is 6.94. The number of ketones is 3. The van der Waals surface area contributed by atoms with E-state index in [2.05, 4.69) is 0 Å². The van der Waals surface area contributed by atoms with E-state index < -0.39 is 29.2 Å². The number of hydrogen-bond donors (Lipinski definition) is 0. The van der Waals surface area contributed by atoms with Gasteiger partial charge in [0.25, 0.3) is 0 Å². The Kier molecular flexibility index (Phi) is 5.73. The van der Waals surface area contributed by atoms with Gasteiger partial charge in [0.1, 0.15) is 23.0 Å². The minimum Gasteiger partial charge on any atom is -0.497 e. The summed E-state index contributed by atoms with van der Waals surface area (Å²) in [4.78, 5) is 45.7. The zero-order chi connectivity index (χ0) is 28.5. The van der Waals surface area contributed by atoms with Crippen LogP contribution in [0, 0.1) is 11.2 Å². The summed E-state index contributed by atoms with van der Waals surface area (Å²) in [6.07, 6.45) is 3.51. The average Bonchev–Trinajstić information content (AvgIpc) is 3.43. The van der Waals surface area contributed by atoms with E-state index in [1.165, 1.54) is 19.2 Å². The molecule has 2 heterocycles. The molecule has 1 aliphatic carbocycles. The van der Waals surface area contributed by atoms with Crippen LogP contribution >= 0.6 is 11.6 Å². The van der Waals surface area contributed by atoms with Gasteiger partial charge in [-0.25, -0.2) is 4.39 Å². The zero-order valence-electron chi connectivity index (χ0n) is 21.9. The Hall–Kier alpha value is -4.55. The number of methoxy groups -OCH3 is 1. The topological polar surface area (TPSA) is 63.7 Å². The largest absolute Gasteiger partial charge is 0.497 e. The third-order valence-corrected chi connectivity index (χ3v) is 8.87. The van der Waals surface area contributed by atoms with Gasteiger partial charge in [-0.2, -0.15) is 0 Å². The highest BCUT2D eigenvalue weighted by molar-refractivity contribution is 6.32. The fraction of sp³-hybridized carbons (Fsp3) is 0.147. The number of rotatable bonds is 4. The van der Waals surface area contributed by atoms with Crippen molar-refractivity contribution in [3.8, 4) is 5.75 Å². The van der Waals surface area contributed by atoms with Crippen LogP contribution in [-0.4, -0.2) is 36.5 Å². The number of hydrogen-bond acceptors (Lipinski definition) is 5. The number of carbonyl (C=O) groups is 3. The Balaban J connectivity index is 1.54. The third kappa shape index (κ3) is 3.50. The Bertz CT molecular complexity index is 1760. The van der Waals surface area contributed by atoms with Crippen molar-refractivity contribution in [1.29, 1.82) is 0 Å². The van der Waals surface area contributed by atoms with Crippen molar-refractivity contribution in [2.24, 2.45) is 5.41 Å². The second-order valence-corrected chi connectivity index (χ2v) is 11.0. The number of fused-ring (bicyclic) bond motifs is 5. The highest BCUT2D eigenvalue weighted by atomic mass is 35.5. The van der Waals surface area contributed by atoms with E-state index in [0.29, 0.717) is 44.3 Å². The van der Waals surface area contributed by atoms with Gasteiger partial charge < -0.3 is 9.64 Å². The number of anilines is 1. The number of Topliss-reactive ketones (excluding diaryl/α,β-unsaturated/α-hetero) is 3. The van der Waals surface area contributed by atoms with Crippen LogP contribution in [0.15, 0.2) is 97.1 Å². The number of benzene rings is 4. The summed E-state index contributed by atoms with van der Waals surface area (Å²) in [6, 6.07) is 23.1. The van der Waals surface area contributed by atoms with Crippen molar-refractivity contribution in [3.05, 3.63) is 136 Å². The van der Waals surface area contributed by atoms with Crippen LogP contribution in [0.4, 0.5) is 10.1 Å². The molecule has 4 aromatic rings. The molecule has 41 heavy (non-hydrogen) atoms. The van der Waals surface area contributed by atoms with E-state index in [4.69, 9.17) is 16.3 Å². The molecule has 1 fully saturated rings. The van der Waals surface area contributed by atoms with Crippen LogP contribution < -0.4 is 9.64 Å².